The summed E-state index contributed by atoms with van der Waals surface area (Å²) in [6.45, 7) is 2.98. The van der Waals surface area contributed by atoms with Crippen molar-refractivity contribution in [1.82, 2.24) is 15.0 Å². The molecule has 1 aromatic carbocycles. The van der Waals surface area contributed by atoms with Crippen LogP contribution in [0.15, 0.2) is 59.3 Å². The first-order chi connectivity index (χ1) is 14.7. The second-order valence-electron chi connectivity index (χ2n) is 7.52. The van der Waals surface area contributed by atoms with Crippen LogP contribution in [0.5, 0.6) is 5.75 Å². The molecule has 0 unspecified atom stereocenters. The van der Waals surface area contributed by atoms with Crippen LogP contribution in [0, 0.1) is 5.82 Å². The van der Waals surface area contributed by atoms with Gasteiger partial charge in [0.2, 0.25) is 0 Å². The number of nitrogens with zero attached hydrogens (tertiary/aromatic N) is 3. The molecule has 2 aliphatic rings. The first-order valence-electron chi connectivity index (χ1n) is 9.98. The fraction of sp³-hybridized carbons (Fsp3) is 0.364. The molecule has 0 bridgehead atoms. The third-order valence-corrected chi connectivity index (χ3v) is 5.27. The molecule has 5 rings (SSSR count). The number of fused-ring (bicyclic) bond motifs is 1. The number of benzene rings is 1. The predicted molar refractivity (Wildman–Crippen MR) is 105 cm³/mol. The summed E-state index contributed by atoms with van der Waals surface area (Å²) < 4.78 is 36.5. The number of pyridine rings is 1. The zero-order chi connectivity index (χ0) is 20.3. The van der Waals surface area contributed by atoms with Gasteiger partial charge in [-0.25, -0.2) is 4.39 Å². The van der Waals surface area contributed by atoms with Crippen molar-refractivity contribution in [3.8, 4) is 17.1 Å². The second kappa shape index (κ2) is 8.51. The molecule has 0 amide bonds. The van der Waals surface area contributed by atoms with Crippen molar-refractivity contribution in [2.24, 2.45) is 0 Å². The molecule has 7 nitrogen and oxygen atoms in total. The Balaban J connectivity index is 1.14. The maximum absolute atomic E-state index is 13.0. The SMILES string of the molecule is Fc1ccc(OC2CO[C@H]3CN(Cc4cc(-c5ccccn5)no4)C[C@@H]3OC2)cc1. The van der Waals surface area contributed by atoms with E-state index in [1.165, 1.54) is 12.1 Å². The van der Waals surface area contributed by atoms with E-state index in [1.54, 1.807) is 18.3 Å². The number of rotatable bonds is 5. The van der Waals surface area contributed by atoms with Crippen LogP contribution in [0.25, 0.3) is 11.4 Å². The number of halogens is 1. The number of likely N-dealkylation sites (tertiary alicyclic amines) is 1. The van der Waals surface area contributed by atoms with Gasteiger partial charge in [0.15, 0.2) is 5.76 Å². The van der Waals surface area contributed by atoms with E-state index in [-0.39, 0.29) is 24.1 Å². The van der Waals surface area contributed by atoms with Gasteiger partial charge in [0.25, 0.3) is 0 Å². The zero-order valence-corrected chi connectivity index (χ0v) is 16.3. The van der Waals surface area contributed by atoms with Crippen molar-refractivity contribution >= 4 is 0 Å². The van der Waals surface area contributed by atoms with E-state index in [0.29, 0.717) is 25.5 Å². The van der Waals surface area contributed by atoms with Crippen molar-refractivity contribution in [3.63, 3.8) is 0 Å². The minimum atomic E-state index is -0.288. The molecule has 0 aliphatic carbocycles. The van der Waals surface area contributed by atoms with Crippen LogP contribution in [0.3, 0.4) is 0 Å². The van der Waals surface area contributed by atoms with Gasteiger partial charge in [0, 0.05) is 25.4 Å². The lowest BCUT2D eigenvalue weighted by Gasteiger charge is -2.18. The Labute approximate surface area is 173 Å². The van der Waals surface area contributed by atoms with E-state index < -0.39 is 0 Å². The molecule has 0 spiro atoms. The van der Waals surface area contributed by atoms with E-state index in [0.717, 1.165) is 30.2 Å². The summed E-state index contributed by atoms with van der Waals surface area (Å²) >= 11 is 0. The molecule has 4 heterocycles. The second-order valence-corrected chi connectivity index (χ2v) is 7.52. The molecule has 0 radical (unpaired) electrons. The summed E-state index contributed by atoms with van der Waals surface area (Å²) in [4.78, 5) is 6.53. The number of aromatic nitrogens is 2. The average Bonchev–Trinajstić information content (AvgIpc) is 3.35. The lowest BCUT2D eigenvalue weighted by molar-refractivity contribution is -0.00461. The monoisotopic (exact) mass is 411 g/mol. The minimum Gasteiger partial charge on any atom is -0.486 e. The van der Waals surface area contributed by atoms with Gasteiger partial charge in [-0.3, -0.25) is 9.88 Å². The molecule has 30 heavy (non-hydrogen) atoms. The zero-order valence-electron chi connectivity index (χ0n) is 16.3. The van der Waals surface area contributed by atoms with E-state index in [2.05, 4.69) is 15.0 Å². The van der Waals surface area contributed by atoms with Gasteiger partial charge in [-0.2, -0.15) is 0 Å². The quantitative estimate of drug-likeness (QED) is 0.639. The molecule has 3 aromatic rings. The highest BCUT2D eigenvalue weighted by molar-refractivity contribution is 5.52. The highest BCUT2D eigenvalue weighted by Crippen LogP contribution is 2.25. The third-order valence-electron chi connectivity index (χ3n) is 5.27. The Kier molecular flexibility index (Phi) is 5.44. The molecule has 2 atom stereocenters. The fourth-order valence-corrected chi connectivity index (χ4v) is 3.79. The van der Waals surface area contributed by atoms with E-state index in [9.17, 15) is 4.39 Å². The van der Waals surface area contributed by atoms with Crippen molar-refractivity contribution in [2.45, 2.75) is 24.9 Å². The molecule has 2 aromatic heterocycles. The average molecular weight is 411 g/mol. The Morgan fingerprint density at radius 1 is 1.00 bits per heavy atom. The highest BCUT2D eigenvalue weighted by Gasteiger charge is 2.38. The largest absolute Gasteiger partial charge is 0.486 e. The van der Waals surface area contributed by atoms with Gasteiger partial charge >= 0.3 is 0 Å². The van der Waals surface area contributed by atoms with E-state index in [1.807, 2.05) is 24.3 Å². The van der Waals surface area contributed by atoms with Gasteiger partial charge in [0.05, 0.1) is 37.7 Å². The number of hydrogen-bond acceptors (Lipinski definition) is 7. The Bertz CT molecular complexity index is 950. The maximum Gasteiger partial charge on any atom is 0.151 e. The molecule has 8 heteroatoms. The molecule has 156 valence electrons. The smallest absolute Gasteiger partial charge is 0.151 e. The molecule has 2 aliphatic heterocycles. The van der Waals surface area contributed by atoms with Crippen molar-refractivity contribution in [3.05, 3.63) is 66.3 Å². The molecule has 0 saturated carbocycles. The van der Waals surface area contributed by atoms with Crippen LogP contribution in [0.1, 0.15) is 5.76 Å². The molecule has 2 saturated heterocycles. The van der Waals surface area contributed by atoms with Gasteiger partial charge in [-0.1, -0.05) is 11.2 Å². The standard InChI is InChI=1S/C22H22FN3O4/c23-15-4-6-16(7-5-15)29-18-13-27-21-11-26(12-22(21)28-14-18)10-17-9-20(25-30-17)19-3-1-2-8-24-19/h1-9,18,21-22H,10-14H2/t21-,22-/m0/s1. The molecular weight excluding hydrogens is 389 g/mol. The molecular formula is C22H22FN3O4. The summed E-state index contributed by atoms with van der Waals surface area (Å²) in [6, 6.07) is 13.6. The Hall–Kier alpha value is -2.81. The van der Waals surface area contributed by atoms with Gasteiger partial charge in [-0.15, -0.1) is 0 Å². The topological polar surface area (TPSA) is 69.9 Å². The highest BCUT2D eigenvalue weighted by atomic mass is 19.1. The molecule has 0 N–H and O–H groups in total. The summed E-state index contributed by atoms with van der Waals surface area (Å²) in [5.74, 6) is 1.10. The van der Waals surface area contributed by atoms with Gasteiger partial charge in [0.1, 0.15) is 23.4 Å². The number of hydrogen-bond donors (Lipinski definition) is 0. The van der Waals surface area contributed by atoms with Crippen LogP contribution in [0.4, 0.5) is 4.39 Å². The Morgan fingerprint density at radius 3 is 2.47 bits per heavy atom. The first kappa shape index (κ1) is 19.2. The maximum atomic E-state index is 13.0. The lowest BCUT2D eigenvalue weighted by Crippen LogP contribution is -2.29. The summed E-state index contributed by atoms with van der Waals surface area (Å²) in [6.07, 6.45) is 1.47. The summed E-state index contributed by atoms with van der Waals surface area (Å²) in [7, 11) is 0. The summed E-state index contributed by atoms with van der Waals surface area (Å²) in [5.41, 5.74) is 1.52. The van der Waals surface area contributed by atoms with Gasteiger partial charge < -0.3 is 18.7 Å². The van der Waals surface area contributed by atoms with Crippen LogP contribution >= 0.6 is 0 Å². The van der Waals surface area contributed by atoms with E-state index >= 15 is 0 Å². The van der Waals surface area contributed by atoms with Crippen molar-refractivity contribution in [2.75, 3.05) is 26.3 Å². The van der Waals surface area contributed by atoms with Crippen LogP contribution in [0.2, 0.25) is 0 Å². The molecule has 2 fully saturated rings. The predicted octanol–water partition coefficient (Wildman–Crippen LogP) is 2.92. The van der Waals surface area contributed by atoms with Crippen LogP contribution in [-0.2, 0) is 16.0 Å². The van der Waals surface area contributed by atoms with Crippen molar-refractivity contribution in [1.29, 1.82) is 0 Å². The van der Waals surface area contributed by atoms with Crippen LogP contribution < -0.4 is 4.74 Å². The van der Waals surface area contributed by atoms with Gasteiger partial charge in [-0.05, 0) is 36.4 Å². The van der Waals surface area contributed by atoms with Crippen molar-refractivity contribution < 1.29 is 23.1 Å². The van der Waals surface area contributed by atoms with Crippen LogP contribution in [-0.4, -0.2) is 59.7 Å². The normalized spacial score (nSPS) is 22.6. The number of ether oxygens (including phenoxy) is 3. The minimum absolute atomic E-state index is 0.0231. The fourth-order valence-electron chi connectivity index (χ4n) is 3.79. The first-order valence-corrected chi connectivity index (χ1v) is 9.98. The third kappa shape index (κ3) is 4.35. The summed E-state index contributed by atoms with van der Waals surface area (Å²) in [5, 5.41) is 4.12. The Morgan fingerprint density at radius 2 is 1.77 bits per heavy atom. The lowest BCUT2D eigenvalue weighted by atomic mass is 10.2. The van der Waals surface area contributed by atoms with E-state index in [4.69, 9.17) is 18.7 Å².